The molecule has 0 spiro atoms. The number of hydrogen-bond donors (Lipinski definition) is 4. The van der Waals surface area contributed by atoms with E-state index in [9.17, 15) is 9.59 Å². The summed E-state index contributed by atoms with van der Waals surface area (Å²) in [6, 6.07) is 14.4. The van der Waals surface area contributed by atoms with Crippen LogP contribution in [0.4, 0.5) is 11.5 Å². The minimum absolute atomic E-state index is 0.0849. The number of aryl methyl sites for hydroxylation is 1. The highest BCUT2D eigenvalue weighted by molar-refractivity contribution is 6.31. The number of nitrogens with zero attached hydrogens (tertiary/aromatic N) is 1. The molecule has 0 radical (unpaired) electrons. The Labute approximate surface area is 172 Å². The number of hydrogen-bond acceptors (Lipinski definition) is 4. The van der Waals surface area contributed by atoms with Gasteiger partial charge in [-0.3, -0.25) is 15.0 Å². The highest BCUT2D eigenvalue weighted by atomic mass is 35.5. The summed E-state index contributed by atoms with van der Waals surface area (Å²) in [5.74, 6) is -0.563. The van der Waals surface area contributed by atoms with Crippen LogP contribution in [0.15, 0.2) is 60.8 Å². The van der Waals surface area contributed by atoms with E-state index in [-0.39, 0.29) is 11.4 Å². The van der Waals surface area contributed by atoms with Gasteiger partial charge in [0.15, 0.2) is 0 Å². The first kappa shape index (κ1) is 20.0. The molecule has 3 rings (SSSR count). The standard InChI is InChI=1S/C21H18ClN5O2/c1-12-2-9-18(25-11-12)27-21(29)16-10-15(22)7-8-17(16)26-20(28)14-5-3-13(4-6-14)19(23)24/h2-11H,1H3,(H3,23,24)(H,26,28)(H,25,27,29). The van der Waals surface area contributed by atoms with Gasteiger partial charge in [-0.1, -0.05) is 29.8 Å². The monoisotopic (exact) mass is 407 g/mol. The zero-order valence-electron chi connectivity index (χ0n) is 15.5. The van der Waals surface area contributed by atoms with E-state index in [0.717, 1.165) is 5.56 Å². The summed E-state index contributed by atoms with van der Waals surface area (Å²) in [4.78, 5) is 29.4. The van der Waals surface area contributed by atoms with E-state index >= 15 is 0 Å². The topological polar surface area (TPSA) is 121 Å². The van der Waals surface area contributed by atoms with Crippen molar-refractivity contribution in [2.24, 2.45) is 5.73 Å². The highest BCUT2D eigenvalue weighted by Gasteiger charge is 2.16. The maximum atomic E-state index is 12.7. The summed E-state index contributed by atoms with van der Waals surface area (Å²) in [6.45, 7) is 1.89. The SMILES string of the molecule is Cc1ccc(NC(=O)c2cc(Cl)ccc2NC(=O)c2ccc(C(=N)N)cc2)nc1. The lowest BCUT2D eigenvalue weighted by atomic mass is 10.1. The molecule has 0 aliphatic carbocycles. The Morgan fingerprint density at radius 3 is 2.28 bits per heavy atom. The molecule has 0 saturated carbocycles. The Bertz CT molecular complexity index is 1080. The molecule has 7 nitrogen and oxygen atoms in total. The zero-order valence-corrected chi connectivity index (χ0v) is 16.2. The van der Waals surface area contributed by atoms with Crippen LogP contribution in [0.25, 0.3) is 0 Å². The fourth-order valence-corrected chi connectivity index (χ4v) is 2.71. The van der Waals surface area contributed by atoms with Gasteiger partial charge in [-0.25, -0.2) is 4.98 Å². The van der Waals surface area contributed by atoms with Gasteiger partial charge in [-0.15, -0.1) is 0 Å². The Morgan fingerprint density at radius 2 is 1.66 bits per heavy atom. The molecule has 2 amide bonds. The van der Waals surface area contributed by atoms with Gasteiger partial charge in [0, 0.05) is 22.3 Å². The first-order valence-corrected chi connectivity index (χ1v) is 9.00. The molecule has 0 unspecified atom stereocenters. The van der Waals surface area contributed by atoms with Gasteiger partial charge in [0.2, 0.25) is 0 Å². The number of anilines is 2. The van der Waals surface area contributed by atoms with Gasteiger partial charge in [-0.2, -0.15) is 0 Å². The molecule has 2 aromatic carbocycles. The summed E-state index contributed by atoms with van der Waals surface area (Å²) in [5.41, 5.74) is 7.77. The lowest BCUT2D eigenvalue weighted by molar-refractivity contribution is 0.102. The molecule has 29 heavy (non-hydrogen) atoms. The molecule has 0 bridgehead atoms. The van der Waals surface area contributed by atoms with Crippen molar-refractivity contribution in [2.75, 3.05) is 10.6 Å². The number of benzene rings is 2. The van der Waals surface area contributed by atoms with Crippen LogP contribution in [-0.4, -0.2) is 22.6 Å². The molecule has 146 valence electrons. The van der Waals surface area contributed by atoms with Crippen LogP contribution in [0, 0.1) is 12.3 Å². The number of carbonyl (C=O) groups excluding carboxylic acids is 2. The second-order valence-corrected chi connectivity index (χ2v) is 6.75. The summed E-state index contributed by atoms with van der Waals surface area (Å²) in [6.07, 6.45) is 1.64. The van der Waals surface area contributed by atoms with Gasteiger partial charge in [0.05, 0.1) is 11.3 Å². The summed E-state index contributed by atoms with van der Waals surface area (Å²) in [7, 11) is 0. The van der Waals surface area contributed by atoms with Crippen molar-refractivity contribution < 1.29 is 9.59 Å². The van der Waals surface area contributed by atoms with E-state index in [1.807, 2.05) is 13.0 Å². The van der Waals surface area contributed by atoms with Crippen LogP contribution in [0.5, 0.6) is 0 Å². The third kappa shape index (κ3) is 4.97. The maximum Gasteiger partial charge on any atom is 0.258 e. The van der Waals surface area contributed by atoms with Crippen LogP contribution >= 0.6 is 11.6 Å². The molecular formula is C21H18ClN5O2. The van der Waals surface area contributed by atoms with Crippen molar-refractivity contribution in [2.45, 2.75) is 6.92 Å². The van der Waals surface area contributed by atoms with Gasteiger partial charge in [0.25, 0.3) is 11.8 Å². The molecular weight excluding hydrogens is 390 g/mol. The van der Waals surface area contributed by atoms with Crippen LogP contribution in [0.2, 0.25) is 5.02 Å². The van der Waals surface area contributed by atoms with Crippen LogP contribution in [0.1, 0.15) is 31.8 Å². The Kier molecular flexibility index (Phi) is 5.90. The number of carbonyl (C=O) groups is 2. The number of nitrogens with one attached hydrogen (secondary N) is 3. The first-order chi connectivity index (χ1) is 13.8. The first-order valence-electron chi connectivity index (χ1n) is 8.63. The van der Waals surface area contributed by atoms with Crippen molar-refractivity contribution in [1.29, 1.82) is 5.41 Å². The molecule has 3 aromatic rings. The number of nitrogens with two attached hydrogens (primary N) is 1. The fraction of sp³-hybridized carbons (Fsp3) is 0.0476. The van der Waals surface area contributed by atoms with E-state index in [1.54, 1.807) is 48.7 Å². The van der Waals surface area contributed by atoms with Crippen molar-refractivity contribution in [3.05, 3.63) is 88.1 Å². The Morgan fingerprint density at radius 1 is 0.966 bits per heavy atom. The summed E-state index contributed by atoms with van der Waals surface area (Å²) < 4.78 is 0. The van der Waals surface area contributed by atoms with Gasteiger partial charge >= 0.3 is 0 Å². The normalized spacial score (nSPS) is 10.3. The average Bonchev–Trinajstić information content (AvgIpc) is 2.71. The predicted octanol–water partition coefficient (Wildman–Crippen LogP) is 3.83. The number of nitrogen functional groups attached to an aromatic ring is 1. The second-order valence-electron chi connectivity index (χ2n) is 6.31. The lowest BCUT2D eigenvalue weighted by Gasteiger charge is -2.12. The molecule has 8 heteroatoms. The van der Waals surface area contributed by atoms with Gasteiger partial charge in [0.1, 0.15) is 11.7 Å². The van der Waals surface area contributed by atoms with E-state index in [1.165, 1.54) is 6.07 Å². The van der Waals surface area contributed by atoms with Gasteiger partial charge in [-0.05, 0) is 48.9 Å². The number of amidine groups is 1. The number of amides is 2. The molecule has 0 fully saturated rings. The minimum Gasteiger partial charge on any atom is -0.384 e. The molecule has 0 saturated heterocycles. The van der Waals surface area contributed by atoms with Gasteiger partial charge < -0.3 is 16.4 Å². The van der Waals surface area contributed by atoms with Crippen LogP contribution < -0.4 is 16.4 Å². The highest BCUT2D eigenvalue weighted by Crippen LogP contribution is 2.23. The number of aromatic nitrogens is 1. The average molecular weight is 408 g/mol. The Hall–Kier alpha value is -3.71. The van der Waals surface area contributed by atoms with E-state index < -0.39 is 11.8 Å². The number of halogens is 1. The summed E-state index contributed by atoms with van der Waals surface area (Å²) >= 11 is 6.05. The van der Waals surface area contributed by atoms with Crippen molar-refractivity contribution in [1.82, 2.24) is 4.98 Å². The molecule has 5 N–H and O–H groups in total. The molecule has 0 atom stereocenters. The smallest absolute Gasteiger partial charge is 0.258 e. The molecule has 1 aromatic heterocycles. The largest absolute Gasteiger partial charge is 0.384 e. The zero-order chi connectivity index (χ0) is 21.0. The number of rotatable bonds is 5. The van der Waals surface area contributed by atoms with Crippen molar-refractivity contribution >= 4 is 40.8 Å². The molecule has 1 heterocycles. The third-order valence-electron chi connectivity index (χ3n) is 4.09. The quantitative estimate of drug-likeness (QED) is 0.379. The summed E-state index contributed by atoms with van der Waals surface area (Å²) in [5, 5.41) is 13.2. The second kappa shape index (κ2) is 8.53. The fourth-order valence-electron chi connectivity index (χ4n) is 2.53. The van der Waals surface area contributed by atoms with E-state index in [0.29, 0.717) is 27.7 Å². The predicted molar refractivity (Wildman–Crippen MR) is 114 cm³/mol. The van der Waals surface area contributed by atoms with Crippen molar-refractivity contribution in [3.63, 3.8) is 0 Å². The van der Waals surface area contributed by atoms with Crippen LogP contribution in [0.3, 0.4) is 0 Å². The molecule has 0 aliphatic rings. The van der Waals surface area contributed by atoms with E-state index in [2.05, 4.69) is 15.6 Å². The molecule has 0 aliphatic heterocycles. The Balaban J connectivity index is 1.82. The van der Waals surface area contributed by atoms with E-state index in [4.69, 9.17) is 22.7 Å². The van der Waals surface area contributed by atoms with Crippen LogP contribution in [-0.2, 0) is 0 Å². The third-order valence-corrected chi connectivity index (χ3v) is 4.32. The number of pyridine rings is 1. The lowest BCUT2D eigenvalue weighted by Crippen LogP contribution is -2.19. The maximum absolute atomic E-state index is 12.7. The minimum atomic E-state index is -0.453. The van der Waals surface area contributed by atoms with Crippen molar-refractivity contribution in [3.8, 4) is 0 Å².